The zero-order chi connectivity index (χ0) is 14.1. The summed E-state index contributed by atoms with van der Waals surface area (Å²) in [5.41, 5.74) is 0.922. The van der Waals surface area contributed by atoms with Crippen LogP contribution in [0.15, 0.2) is 6.07 Å². The molecule has 1 aliphatic heterocycles. The highest BCUT2D eigenvalue weighted by Gasteiger charge is 2.26. The van der Waals surface area contributed by atoms with Crippen molar-refractivity contribution in [2.45, 2.75) is 51.6 Å². The summed E-state index contributed by atoms with van der Waals surface area (Å²) in [7, 11) is 0. The molecule has 1 aliphatic carbocycles. The molecule has 1 aromatic rings. The molecule has 0 spiro atoms. The first kappa shape index (κ1) is 13.1. The van der Waals surface area contributed by atoms with Gasteiger partial charge in [-0.1, -0.05) is 0 Å². The van der Waals surface area contributed by atoms with Crippen molar-refractivity contribution in [3.63, 3.8) is 0 Å². The average Bonchev–Trinajstić information content (AvgIpc) is 3.12. The molecule has 0 saturated heterocycles. The monoisotopic (exact) mass is 276 g/mol. The molecule has 2 aliphatic rings. The summed E-state index contributed by atoms with van der Waals surface area (Å²) in [6.07, 6.45) is 3.87. The van der Waals surface area contributed by atoms with Gasteiger partial charge in [-0.2, -0.15) is 5.10 Å². The lowest BCUT2D eigenvalue weighted by Crippen LogP contribution is -2.38. The summed E-state index contributed by atoms with van der Waals surface area (Å²) in [6.45, 7) is 3.17. The van der Waals surface area contributed by atoms with Gasteiger partial charge in [0, 0.05) is 31.5 Å². The third-order valence-corrected chi connectivity index (χ3v) is 3.72. The van der Waals surface area contributed by atoms with Crippen molar-refractivity contribution in [1.82, 2.24) is 15.1 Å². The lowest BCUT2D eigenvalue weighted by atomic mass is 10.2. The summed E-state index contributed by atoms with van der Waals surface area (Å²) in [5.74, 6) is 1.09. The average molecular weight is 276 g/mol. The summed E-state index contributed by atoms with van der Waals surface area (Å²) in [4.78, 5) is 25.4. The van der Waals surface area contributed by atoms with Crippen LogP contribution in [-0.2, 0) is 16.1 Å². The molecule has 0 unspecified atom stereocenters. The summed E-state index contributed by atoms with van der Waals surface area (Å²) >= 11 is 0. The minimum absolute atomic E-state index is 0.0987. The van der Waals surface area contributed by atoms with Crippen LogP contribution < -0.4 is 10.2 Å². The van der Waals surface area contributed by atoms with Gasteiger partial charge in [0.1, 0.15) is 5.82 Å². The van der Waals surface area contributed by atoms with Gasteiger partial charge in [0.25, 0.3) is 0 Å². The quantitative estimate of drug-likeness (QED) is 0.872. The first-order valence-corrected chi connectivity index (χ1v) is 7.27. The van der Waals surface area contributed by atoms with Crippen LogP contribution in [0.4, 0.5) is 5.82 Å². The number of rotatable bonds is 5. The maximum atomic E-state index is 12.0. The molecule has 2 amide bonds. The maximum Gasteiger partial charge on any atom is 0.229 e. The molecule has 6 heteroatoms. The first-order valence-electron chi connectivity index (χ1n) is 7.27. The summed E-state index contributed by atoms with van der Waals surface area (Å²) < 4.78 is 1.88. The minimum Gasteiger partial charge on any atom is -0.353 e. The van der Waals surface area contributed by atoms with Gasteiger partial charge in [-0.05, 0) is 26.2 Å². The molecule has 0 atom stereocenters. The van der Waals surface area contributed by atoms with Crippen molar-refractivity contribution < 1.29 is 9.59 Å². The molecule has 1 fully saturated rings. The lowest BCUT2D eigenvalue weighted by Gasteiger charge is -2.27. The maximum absolute atomic E-state index is 12.0. The molecule has 0 aromatic carbocycles. The van der Waals surface area contributed by atoms with Crippen LogP contribution in [0.2, 0.25) is 0 Å². The molecular weight excluding hydrogens is 256 g/mol. The molecule has 0 radical (unpaired) electrons. The number of amides is 2. The first-order chi connectivity index (χ1) is 9.63. The second kappa shape index (κ2) is 5.26. The van der Waals surface area contributed by atoms with E-state index in [-0.39, 0.29) is 11.8 Å². The van der Waals surface area contributed by atoms with Gasteiger partial charge < -0.3 is 5.32 Å². The van der Waals surface area contributed by atoms with Gasteiger partial charge in [-0.3, -0.25) is 14.5 Å². The number of anilines is 1. The number of hydrogen-bond donors (Lipinski definition) is 1. The van der Waals surface area contributed by atoms with Crippen molar-refractivity contribution >= 4 is 17.6 Å². The zero-order valence-corrected chi connectivity index (χ0v) is 11.8. The Hall–Kier alpha value is -1.85. The third kappa shape index (κ3) is 2.84. The van der Waals surface area contributed by atoms with E-state index < -0.39 is 0 Å². The Balaban J connectivity index is 1.55. The minimum atomic E-state index is 0.0987. The van der Waals surface area contributed by atoms with Gasteiger partial charge in [0.05, 0.1) is 12.2 Å². The Labute approximate surface area is 118 Å². The van der Waals surface area contributed by atoms with Crippen LogP contribution in [0.25, 0.3) is 0 Å². The topological polar surface area (TPSA) is 67.2 Å². The van der Waals surface area contributed by atoms with Gasteiger partial charge in [-0.25, -0.2) is 4.68 Å². The highest BCUT2D eigenvalue weighted by Crippen LogP contribution is 2.23. The Morgan fingerprint density at radius 2 is 2.30 bits per heavy atom. The number of carbonyl (C=O) groups is 2. The molecule has 20 heavy (non-hydrogen) atoms. The van der Waals surface area contributed by atoms with E-state index in [4.69, 9.17) is 0 Å². The van der Waals surface area contributed by atoms with Crippen LogP contribution in [0, 0.1) is 6.92 Å². The molecule has 1 N–H and O–H groups in total. The second-order valence-electron chi connectivity index (χ2n) is 5.61. The molecule has 3 rings (SSSR count). The smallest absolute Gasteiger partial charge is 0.229 e. The predicted octanol–water partition coefficient (Wildman–Crippen LogP) is 0.987. The number of aromatic nitrogens is 2. The van der Waals surface area contributed by atoms with E-state index in [1.54, 1.807) is 4.90 Å². The van der Waals surface area contributed by atoms with Crippen LogP contribution in [0.5, 0.6) is 0 Å². The predicted molar refractivity (Wildman–Crippen MR) is 74.3 cm³/mol. The van der Waals surface area contributed by atoms with E-state index in [9.17, 15) is 9.59 Å². The van der Waals surface area contributed by atoms with E-state index in [1.165, 1.54) is 0 Å². The summed E-state index contributed by atoms with van der Waals surface area (Å²) in [5, 5.41) is 7.34. The van der Waals surface area contributed by atoms with Crippen molar-refractivity contribution in [2.24, 2.45) is 0 Å². The van der Waals surface area contributed by atoms with Crippen LogP contribution >= 0.6 is 0 Å². The standard InChI is InChI=1S/C14H20N4O2/c1-10-9-13-17(14(20)6-8-18(13)16-10)7-2-3-12(19)15-11-4-5-11/h9,11H,2-8H2,1H3,(H,15,19). The lowest BCUT2D eigenvalue weighted by molar-refractivity contribution is -0.122. The largest absolute Gasteiger partial charge is 0.353 e. The van der Waals surface area contributed by atoms with E-state index in [0.29, 0.717) is 38.4 Å². The number of nitrogens with zero attached hydrogens (tertiary/aromatic N) is 3. The van der Waals surface area contributed by atoms with Crippen molar-refractivity contribution in [3.05, 3.63) is 11.8 Å². The molecule has 2 heterocycles. The van der Waals surface area contributed by atoms with Gasteiger partial charge in [-0.15, -0.1) is 0 Å². The van der Waals surface area contributed by atoms with Gasteiger partial charge in [0.2, 0.25) is 11.8 Å². The van der Waals surface area contributed by atoms with Crippen molar-refractivity contribution in [2.75, 3.05) is 11.4 Å². The van der Waals surface area contributed by atoms with Crippen molar-refractivity contribution in [1.29, 1.82) is 0 Å². The Kier molecular flexibility index (Phi) is 3.46. The number of aryl methyl sites for hydroxylation is 2. The highest BCUT2D eigenvalue weighted by atomic mass is 16.2. The normalized spacial score (nSPS) is 18.1. The fourth-order valence-corrected chi connectivity index (χ4v) is 2.54. The molecule has 1 saturated carbocycles. The zero-order valence-electron chi connectivity index (χ0n) is 11.8. The number of hydrogen-bond acceptors (Lipinski definition) is 3. The van der Waals surface area contributed by atoms with Gasteiger partial charge in [0.15, 0.2) is 0 Å². The van der Waals surface area contributed by atoms with Gasteiger partial charge >= 0.3 is 0 Å². The molecule has 108 valence electrons. The Morgan fingerprint density at radius 1 is 1.50 bits per heavy atom. The van der Waals surface area contributed by atoms with E-state index in [1.807, 2.05) is 17.7 Å². The van der Waals surface area contributed by atoms with E-state index >= 15 is 0 Å². The van der Waals surface area contributed by atoms with E-state index in [2.05, 4.69) is 10.4 Å². The Bertz CT molecular complexity index is 533. The fraction of sp³-hybridized carbons (Fsp3) is 0.643. The Morgan fingerprint density at radius 3 is 3.05 bits per heavy atom. The van der Waals surface area contributed by atoms with Crippen molar-refractivity contribution in [3.8, 4) is 0 Å². The fourth-order valence-electron chi connectivity index (χ4n) is 2.54. The number of fused-ring (bicyclic) bond motifs is 1. The van der Waals surface area contributed by atoms with Crippen LogP contribution in [0.1, 0.15) is 37.8 Å². The molecular formula is C14H20N4O2. The van der Waals surface area contributed by atoms with Crippen LogP contribution in [0.3, 0.4) is 0 Å². The highest BCUT2D eigenvalue weighted by molar-refractivity contribution is 5.93. The number of carbonyl (C=O) groups excluding carboxylic acids is 2. The molecule has 6 nitrogen and oxygen atoms in total. The van der Waals surface area contributed by atoms with E-state index in [0.717, 1.165) is 24.4 Å². The third-order valence-electron chi connectivity index (χ3n) is 3.72. The second-order valence-corrected chi connectivity index (χ2v) is 5.61. The van der Waals surface area contributed by atoms with Crippen LogP contribution in [-0.4, -0.2) is 34.2 Å². The number of nitrogens with one attached hydrogen (secondary N) is 1. The SMILES string of the molecule is Cc1cc2n(n1)CCC(=O)N2CCCC(=O)NC1CC1. The summed E-state index contributed by atoms with van der Waals surface area (Å²) in [6, 6.07) is 2.34. The molecule has 0 bridgehead atoms. The molecule has 1 aromatic heterocycles.